The summed E-state index contributed by atoms with van der Waals surface area (Å²) >= 11 is 0. The van der Waals surface area contributed by atoms with Gasteiger partial charge in [0.25, 0.3) is 0 Å². The minimum absolute atomic E-state index is 0.379. The van der Waals surface area contributed by atoms with Crippen molar-refractivity contribution >= 4 is 23.1 Å². The van der Waals surface area contributed by atoms with Crippen LogP contribution in [-0.4, -0.2) is 56.1 Å². The maximum atomic E-state index is 4.40. The predicted molar refractivity (Wildman–Crippen MR) is 155 cm³/mol. The van der Waals surface area contributed by atoms with Crippen LogP contribution in [0.4, 0.5) is 17.1 Å². The van der Waals surface area contributed by atoms with Crippen LogP contribution in [0.15, 0.2) is 79.6 Å². The molecule has 1 aliphatic carbocycles. The maximum Gasteiger partial charge on any atom is 0.0398 e. The number of hydrogen-bond acceptors (Lipinski definition) is 4. The molecule has 2 heterocycles. The Morgan fingerprint density at radius 2 is 1.72 bits per heavy atom. The van der Waals surface area contributed by atoms with Crippen molar-refractivity contribution in [1.82, 2.24) is 9.80 Å². The highest BCUT2D eigenvalue weighted by Crippen LogP contribution is 2.40. The van der Waals surface area contributed by atoms with Gasteiger partial charge in [-0.1, -0.05) is 38.0 Å². The van der Waals surface area contributed by atoms with E-state index in [-0.39, 0.29) is 0 Å². The third-order valence-electron chi connectivity index (χ3n) is 8.18. The van der Waals surface area contributed by atoms with Crippen LogP contribution < -0.4 is 10.2 Å². The van der Waals surface area contributed by atoms with Crippen molar-refractivity contribution in [3.05, 3.63) is 96.2 Å². The molecule has 5 rings (SSSR count). The molecule has 0 amide bonds. The first-order valence-electron chi connectivity index (χ1n) is 13.3. The number of fused-ring (bicyclic) bond motifs is 1. The van der Waals surface area contributed by atoms with Gasteiger partial charge in [0.15, 0.2) is 0 Å². The van der Waals surface area contributed by atoms with E-state index in [2.05, 4.69) is 102 Å². The second-order valence-corrected chi connectivity index (χ2v) is 10.8. The fraction of sp³-hybridized carbons (Fsp3) is 0.375. The van der Waals surface area contributed by atoms with Crippen LogP contribution in [0.5, 0.6) is 0 Å². The average Bonchev–Trinajstić information content (AvgIpc) is 2.85. The molecule has 0 bridgehead atoms. The first-order chi connectivity index (χ1) is 17.4. The van der Waals surface area contributed by atoms with Gasteiger partial charge < -0.3 is 20.0 Å². The van der Waals surface area contributed by atoms with E-state index in [9.17, 15) is 0 Å². The molecule has 2 aromatic rings. The van der Waals surface area contributed by atoms with Crippen molar-refractivity contribution in [2.45, 2.75) is 25.7 Å². The topological polar surface area (TPSA) is 21.8 Å². The zero-order valence-electron chi connectivity index (χ0n) is 22.0. The summed E-state index contributed by atoms with van der Waals surface area (Å²) in [5, 5.41) is 3.67. The number of aryl methyl sites for hydroxylation is 1. The molecule has 36 heavy (non-hydrogen) atoms. The molecule has 0 radical (unpaired) electrons. The molecule has 0 spiro atoms. The zero-order valence-corrected chi connectivity index (χ0v) is 22.0. The van der Waals surface area contributed by atoms with Gasteiger partial charge in [-0.15, -0.1) is 0 Å². The fourth-order valence-electron chi connectivity index (χ4n) is 5.78. The van der Waals surface area contributed by atoms with Gasteiger partial charge in [-0.25, -0.2) is 0 Å². The van der Waals surface area contributed by atoms with Crippen LogP contribution >= 0.6 is 0 Å². The summed E-state index contributed by atoms with van der Waals surface area (Å²) < 4.78 is 0. The monoisotopic (exact) mass is 480 g/mol. The highest BCUT2D eigenvalue weighted by Gasteiger charge is 2.29. The number of hydrogen-bond donors (Lipinski definition) is 1. The second-order valence-electron chi connectivity index (χ2n) is 10.8. The van der Waals surface area contributed by atoms with Crippen molar-refractivity contribution in [3.63, 3.8) is 0 Å². The molecule has 3 aliphatic rings. The summed E-state index contributed by atoms with van der Waals surface area (Å²) in [5.74, 6) is 1.11. The first kappa shape index (κ1) is 24.5. The lowest BCUT2D eigenvalue weighted by Gasteiger charge is -2.42. The number of benzene rings is 2. The zero-order chi connectivity index (χ0) is 25.2. The molecular weight excluding hydrogens is 440 g/mol. The van der Waals surface area contributed by atoms with E-state index in [0.29, 0.717) is 5.92 Å². The summed E-state index contributed by atoms with van der Waals surface area (Å²) in [5.41, 5.74) is 9.94. The summed E-state index contributed by atoms with van der Waals surface area (Å²) in [6.45, 7) is 21.2. The Hall–Kier alpha value is -3.24. The molecule has 1 atom stereocenters. The van der Waals surface area contributed by atoms with Gasteiger partial charge in [0.1, 0.15) is 0 Å². The Bertz CT molecular complexity index is 1180. The molecule has 1 N–H and O–H groups in total. The minimum Gasteiger partial charge on any atom is -0.371 e. The van der Waals surface area contributed by atoms with E-state index in [4.69, 9.17) is 0 Å². The second kappa shape index (κ2) is 10.4. The average molecular weight is 481 g/mol. The van der Waals surface area contributed by atoms with Gasteiger partial charge in [0.2, 0.25) is 0 Å². The van der Waals surface area contributed by atoms with Crippen LogP contribution in [0, 0.1) is 12.8 Å². The molecular formula is C32H40N4. The lowest BCUT2D eigenvalue weighted by atomic mass is 9.79. The Morgan fingerprint density at radius 1 is 1.00 bits per heavy atom. The molecule has 4 heteroatoms. The molecule has 2 aromatic carbocycles. The van der Waals surface area contributed by atoms with Crippen LogP contribution in [0.1, 0.15) is 35.4 Å². The quantitative estimate of drug-likeness (QED) is 0.431. The lowest BCUT2D eigenvalue weighted by molar-refractivity contribution is 0.137. The van der Waals surface area contributed by atoms with Gasteiger partial charge in [0, 0.05) is 67.9 Å². The maximum absolute atomic E-state index is 4.40. The standard InChI is InChI=1S/C32H40N4/c1-6-25(4)36-21-26(22-36)8-13-30-23(2)7-9-27-10-11-29(20-31(27)30)33-28-12-14-32(24(3)19-28)35-17-15-34(5)16-18-35/h6-7,9-12,14,19-20,26,30,33H,1-2,4,8,13,15-18,21-22H2,3,5H3. The smallest absolute Gasteiger partial charge is 0.0398 e. The minimum atomic E-state index is 0.379. The molecule has 0 saturated carbocycles. The van der Waals surface area contributed by atoms with Crippen molar-refractivity contribution in [2.24, 2.45) is 5.92 Å². The van der Waals surface area contributed by atoms with E-state index < -0.39 is 0 Å². The normalized spacial score (nSPS) is 20.2. The number of likely N-dealkylation sites (tertiary alicyclic amines) is 1. The summed E-state index contributed by atoms with van der Waals surface area (Å²) in [7, 11) is 2.20. The van der Waals surface area contributed by atoms with Gasteiger partial charge in [-0.3, -0.25) is 0 Å². The SMILES string of the molecule is C=CC(=C)N1CC(CCC2C(=C)C=Cc3ccc(Nc4ccc(N5CCN(C)CC5)c(C)c4)cc32)C1. The molecule has 0 aromatic heterocycles. The van der Waals surface area contributed by atoms with E-state index in [1.807, 2.05) is 6.08 Å². The van der Waals surface area contributed by atoms with Crippen LogP contribution in [0.25, 0.3) is 6.08 Å². The molecule has 188 valence electrons. The molecule has 2 fully saturated rings. The summed E-state index contributed by atoms with van der Waals surface area (Å²) in [6, 6.07) is 13.6. The van der Waals surface area contributed by atoms with Crippen LogP contribution in [0.3, 0.4) is 0 Å². The summed E-state index contributed by atoms with van der Waals surface area (Å²) in [6.07, 6.45) is 8.62. The van der Waals surface area contributed by atoms with Crippen molar-refractivity contribution in [2.75, 3.05) is 56.5 Å². The number of allylic oxidation sites excluding steroid dienone is 3. The largest absolute Gasteiger partial charge is 0.371 e. The van der Waals surface area contributed by atoms with Gasteiger partial charge in [-0.2, -0.15) is 0 Å². The number of nitrogens with zero attached hydrogens (tertiary/aromatic N) is 3. The van der Waals surface area contributed by atoms with Crippen molar-refractivity contribution in [1.29, 1.82) is 0 Å². The molecule has 1 unspecified atom stereocenters. The molecule has 2 aliphatic heterocycles. The lowest BCUT2D eigenvalue weighted by Crippen LogP contribution is -2.45. The number of likely N-dealkylation sites (N-methyl/N-ethyl adjacent to an activating group) is 1. The van der Waals surface area contributed by atoms with Crippen LogP contribution in [-0.2, 0) is 0 Å². The number of anilines is 3. The van der Waals surface area contributed by atoms with Gasteiger partial charge in [-0.05, 0) is 91.4 Å². The number of rotatable bonds is 8. The fourth-order valence-corrected chi connectivity index (χ4v) is 5.78. The van der Waals surface area contributed by atoms with Gasteiger partial charge >= 0.3 is 0 Å². The number of nitrogens with one attached hydrogen (secondary N) is 1. The Labute approximate surface area is 217 Å². The van der Waals surface area contributed by atoms with Crippen molar-refractivity contribution in [3.8, 4) is 0 Å². The van der Waals surface area contributed by atoms with E-state index >= 15 is 0 Å². The highest BCUT2D eigenvalue weighted by molar-refractivity contribution is 5.71. The van der Waals surface area contributed by atoms with Crippen molar-refractivity contribution < 1.29 is 0 Å². The Balaban J connectivity index is 1.26. The third kappa shape index (κ3) is 5.15. The van der Waals surface area contributed by atoms with Crippen LogP contribution in [0.2, 0.25) is 0 Å². The van der Waals surface area contributed by atoms with E-state index in [0.717, 1.165) is 68.7 Å². The first-order valence-corrected chi connectivity index (χ1v) is 13.3. The highest BCUT2D eigenvalue weighted by atomic mass is 15.2. The van der Waals surface area contributed by atoms with E-state index in [1.165, 1.54) is 34.4 Å². The number of piperazine rings is 1. The Kier molecular flexibility index (Phi) is 7.06. The van der Waals surface area contributed by atoms with Gasteiger partial charge in [0.05, 0.1) is 0 Å². The molecule has 2 saturated heterocycles. The third-order valence-corrected chi connectivity index (χ3v) is 8.18. The predicted octanol–water partition coefficient (Wildman–Crippen LogP) is 6.57. The van der Waals surface area contributed by atoms with E-state index in [1.54, 1.807) is 0 Å². The molecule has 4 nitrogen and oxygen atoms in total. The summed E-state index contributed by atoms with van der Waals surface area (Å²) in [4.78, 5) is 7.23. The Morgan fingerprint density at radius 3 is 2.44 bits per heavy atom.